The molecule has 2 saturated heterocycles. The Bertz CT molecular complexity index is 500. The van der Waals surface area contributed by atoms with E-state index in [1.165, 1.54) is 0 Å². The Labute approximate surface area is 139 Å². The summed E-state index contributed by atoms with van der Waals surface area (Å²) in [6.45, 7) is 5.00. The van der Waals surface area contributed by atoms with Crippen molar-refractivity contribution in [3.8, 4) is 0 Å². The normalized spacial score (nSPS) is 25.9. The molecule has 0 saturated carbocycles. The molecular weight excluding hydrogens is 290 g/mol. The number of fused-ring (bicyclic) bond motifs is 1. The van der Waals surface area contributed by atoms with Gasteiger partial charge in [-0.25, -0.2) is 0 Å². The fourth-order valence-electron chi connectivity index (χ4n) is 4.04. The lowest BCUT2D eigenvalue weighted by Gasteiger charge is -2.47. The van der Waals surface area contributed by atoms with Crippen LogP contribution in [0.5, 0.6) is 0 Å². The molecule has 2 aliphatic heterocycles. The van der Waals surface area contributed by atoms with E-state index < -0.39 is 0 Å². The first kappa shape index (κ1) is 16.5. The zero-order valence-electron chi connectivity index (χ0n) is 14.4. The minimum Gasteiger partial charge on any atom is -0.468 e. The Morgan fingerprint density at radius 1 is 1.35 bits per heavy atom. The zero-order valence-corrected chi connectivity index (χ0v) is 14.4. The van der Waals surface area contributed by atoms with Crippen molar-refractivity contribution in [2.45, 2.75) is 38.3 Å². The van der Waals surface area contributed by atoms with E-state index in [-0.39, 0.29) is 0 Å². The highest BCUT2D eigenvalue weighted by atomic mass is 16.3. The topological polar surface area (TPSA) is 39.9 Å². The lowest BCUT2D eigenvalue weighted by atomic mass is 9.83. The fraction of sp³-hybridized carbons (Fsp3) is 0.722. The second-order valence-corrected chi connectivity index (χ2v) is 7.21. The molecular formula is C18H29N3O2. The van der Waals surface area contributed by atoms with Crippen molar-refractivity contribution < 1.29 is 9.21 Å². The first-order valence-electron chi connectivity index (χ1n) is 8.82. The van der Waals surface area contributed by atoms with Crippen LogP contribution in [-0.2, 0) is 11.3 Å². The van der Waals surface area contributed by atoms with E-state index in [1.54, 1.807) is 6.26 Å². The van der Waals surface area contributed by atoms with Gasteiger partial charge in [-0.05, 0) is 58.0 Å². The Balaban J connectivity index is 1.55. The number of nitrogens with zero attached hydrogens (tertiary/aromatic N) is 3. The van der Waals surface area contributed by atoms with Crippen LogP contribution in [0.2, 0.25) is 0 Å². The second kappa shape index (κ2) is 7.49. The molecule has 23 heavy (non-hydrogen) atoms. The summed E-state index contributed by atoms with van der Waals surface area (Å²) in [5.74, 6) is 2.03. The van der Waals surface area contributed by atoms with E-state index in [0.717, 1.165) is 64.2 Å². The van der Waals surface area contributed by atoms with Crippen molar-refractivity contribution in [2.24, 2.45) is 5.92 Å². The maximum atomic E-state index is 12.3. The van der Waals surface area contributed by atoms with E-state index >= 15 is 0 Å². The summed E-state index contributed by atoms with van der Waals surface area (Å²) >= 11 is 0. The van der Waals surface area contributed by atoms with Gasteiger partial charge in [-0.1, -0.05) is 0 Å². The molecule has 5 heteroatoms. The maximum absolute atomic E-state index is 12.3. The summed E-state index contributed by atoms with van der Waals surface area (Å²) in [5.41, 5.74) is 0. The monoisotopic (exact) mass is 319 g/mol. The Morgan fingerprint density at radius 3 is 2.96 bits per heavy atom. The van der Waals surface area contributed by atoms with Crippen molar-refractivity contribution >= 4 is 5.91 Å². The molecule has 0 bridgehead atoms. The second-order valence-electron chi connectivity index (χ2n) is 7.21. The summed E-state index contributed by atoms with van der Waals surface area (Å²) < 4.78 is 5.48. The number of amides is 1. The Kier molecular flexibility index (Phi) is 5.38. The molecule has 1 aromatic heterocycles. The number of likely N-dealkylation sites (tertiary alicyclic amines) is 2. The van der Waals surface area contributed by atoms with Crippen molar-refractivity contribution in [3.05, 3.63) is 24.2 Å². The van der Waals surface area contributed by atoms with Crippen LogP contribution in [0, 0.1) is 5.92 Å². The minimum absolute atomic E-state index is 0.365. The molecule has 128 valence electrons. The quantitative estimate of drug-likeness (QED) is 0.804. The van der Waals surface area contributed by atoms with Gasteiger partial charge in [0.25, 0.3) is 0 Å². The van der Waals surface area contributed by atoms with Crippen LogP contribution >= 0.6 is 0 Å². The van der Waals surface area contributed by atoms with E-state index in [4.69, 9.17) is 4.42 Å². The summed E-state index contributed by atoms with van der Waals surface area (Å²) in [5, 5.41) is 0. The Morgan fingerprint density at radius 2 is 2.22 bits per heavy atom. The van der Waals surface area contributed by atoms with E-state index in [0.29, 0.717) is 17.9 Å². The van der Waals surface area contributed by atoms with Crippen LogP contribution in [-0.4, -0.2) is 66.9 Å². The molecule has 3 rings (SSSR count). The number of carbonyl (C=O) groups excluding carboxylic acids is 1. The van der Waals surface area contributed by atoms with Gasteiger partial charge in [-0.3, -0.25) is 9.69 Å². The van der Waals surface area contributed by atoms with Crippen LogP contribution in [0.1, 0.15) is 31.4 Å². The number of piperidine rings is 2. The SMILES string of the molecule is CN(C)CCCN1C(=O)CC[C@@H]2CN(Cc3ccco3)CC[C@@H]21. The molecule has 0 radical (unpaired) electrons. The summed E-state index contributed by atoms with van der Waals surface area (Å²) in [6.07, 6.45) is 5.67. The average Bonchev–Trinajstić information content (AvgIpc) is 3.02. The summed E-state index contributed by atoms with van der Waals surface area (Å²) in [6, 6.07) is 4.45. The predicted molar refractivity (Wildman–Crippen MR) is 90.0 cm³/mol. The van der Waals surface area contributed by atoms with Crippen molar-refractivity contribution in [1.82, 2.24) is 14.7 Å². The van der Waals surface area contributed by atoms with E-state index in [1.807, 2.05) is 12.1 Å². The molecule has 0 unspecified atom stereocenters. The largest absolute Gasteiger partial charge is 0.468 e. The van der Waals surface area contributed by atoms with Gasteiger partial charge in [-0.15, -0.1) is 0 Å². The van der Waals surface area contributed by atoms with Gasteiger partial charge in [0.05, 0.1) is 12.8 Å². The first-order chi connectivity index (χ1) is 11.1. The molecule has 5 nitrogen and oxygen atoms in total. The van der Waals surface area contributed by atoms with Crippen LogP contribution in [0.4, 0.5) is 0 Å². The highest BCUT2D eigenvalue weighted by Gasteiger charge is 2.38. The molecule has 0 spiro atoms. The van der Waals surface area contributed by atoms with Gasteiger partial charge < -0.3 is 14.2 Å². The van der Waals surface area contributed by atoms with E-state index in [9.17, 15) is 4.79 Å². The summed E-state index contributed by atoms with van der Waals surface area (Å²) in [4.78, 5) is 19.2. The third-order valence-corrected chi connectivity index (χ3v) is 5.19. The smallest absolute Gasteiger partial charge is 0.222 e. The first-order valence-corrected chi connectivity index (χ1v) is 8.82. The molecule has 2 aliphatic rings. The molecule has 1 aromatic rings. The van der Waals surface area contributed by atoms with Gasteiger partial charge in [0, 0.05) is 32.1 Å². The summed E-state index contributed by atoms with van der Waals surface area (Å²) in [7, 11) is 4.18. The van der Waals surface area contributed by atoms with Crippen LogP contribution < -0.4 is 0 Å². The Hall–Kier alpha value is -1.33. The van der Waals surface area contributed by atoms with Crippen molar-refractivity contribution in [3.63, 3.8) is 0 Å². The van der Waals surface area contributed by atoms with Gasteiger partial charge in [0.15, 0.2) is 0 Å². The fourth-order valence-corrected chi connectivity index (χ4v) is 4.04. The van der Waals surface area contributed by atoms with Gasteiger partial charge in [0.2, 0.25) is 5.91 Å². The van der Waals surface area contributed by atoms with Crippen LogP contribution in [0.3, 0.4) is 0 Å². The van der Waals surface area contributed by atoms with Crippen molar-refractivity contribution in [1.29, 1.82) is 0 Å². The average molecular weight is 319 g/mol. The van der Waals surface area contributed by atoms with Gasteiger partial charge in [0.1, 0.15) is 5.76 Å². The van der Waals surface area contributed by atoms with E-state index in [2.05, 4.69) is 28.8 Å². The number of carbonyl (C=O) groups is 1. The predicted octanol–water partition coefficient (Wildman–Crippen LogP) is 2.04. The van der Waals surface area contributed by atoms with Crippen LogP contribution in [0.25, 0.3) is 0 Å². The third kappa shape index (κ3) is 4.15. The molecule has 0 N–H and O–H groups in total. The standard InChI is InChI=1S/C18H29N3O2/c1-19(2)9-4-10-21-17-8-11-20(14-16-5-3-12-23-16)13-15(17)6-7-18(21)22/h3,5,12,15,17H,4,6-11,13-14H2,1-2H3/t15-,17+/m1/s1. The maximum Gasteiger partial charge on any atom is 0.222 e. The highest BCUT2D eigenvalue weighted by Crippen LogP contribution is 2.32. The molecule has 1 amide bonds. The molecule has 0 aliphatic carbocycles. The van der Waals surface area contributed by atoms with Crippen LogP contribution in [0.15, 0.2) is 22.8 Å². The molecule has 3 heterocycles. The number of rotatable bonds is 6. The minimum atomic E-state index is 0.365. The third-order valence-electron chi connectivity index (χ3n) is 5.19. The lowest BCUT2D eigenvalue weighted by molar-refractivity contribution is -0.141. The highest BCUT2D eigenvalue weighted by molar-refractivity contribution is 5.77. The van der Waals surface area contributed by atoms with Gasteiger partial charge >= 0.3 is 0 Å². The molecule has 0 aromatic carbocycles. The molecule has 2 fully saturated rings. The van der Waals surface area contributed by atoms with Gasteiger partial charge in [-0.2, -0.15) is 0 Å². The molecule has 2 atom stereocenters. The number of hydrogen-bond donors (Lipinski definition) is 0. The lowest BCUT2D eigenvalue weighted by Crippen LogP contribution is -2.56. The zero-order chi connectivity index (χ0) is 16.2. The number of furan rings is 1. The number of hydrogen-bond acceptors (Lipinski definition) is 4. The van der Waals surface area contributed by atoms with Crippen molar-refractivity contribution in [2.75, 3.05) is 40.3 Å².